The van der Waals surface area contributed by atoms with Crippen LogP contribution in [-0.2, 0) is 9.59 Å². The van der Waals surface area contributed by atoms with E-state index in [9.17, 15) is 9.59 Å². The molecule has 0 spiro atoms. The lowest BCUT2D eigenvalue weighted by Gasteiger charge is -2.10. The van der Waals surface area contributed by atoms with E-state index in [0.717, 1.165) is 0 Å². The molecule has 4 N–H and O–H groups in total. The summed E-state index contributed by atoms with van der Waals surface area (Å²) in [6.45, 7) is 3.26. The molecule has 104 valence electrons. The van der Waals surface area contributed by atoms with E-state index in [1.54, 1.807) is 18.2 Å². The Balaban J connectivity index is 2.71. The number of halogens is 1. The number of carbonyl (C=O) groups is 2. The molecule has 0 saturated heterocycles. The Morgan fingerprint density at radius 2 is 2.05 bits per heavy atom. The van der Waals surface area contributed by atoms with Crippen LogP contribution in [0.3, 0.4) is 0 Å². The third-order valence-corrected chi connectivity index (χ3v) is 2.72. The largest absolute Gasteiger partial charge is 0.328 e. The molecule has 0 heterocycles. The van der Waals surface area contributed by atoms with Gasteiger partial charge in [-0.25, -0.2) is 0 Å². The van der Waals surface area contributed by atoms with Crippen LogP contribution in [0.15, 0.2) is 18.2 Å². The van der Waals surface area contributed by atoms with Crippen molar-refractivity contribution in [3.8, 4) is 0 Å². The second kappa shape index (κ2) is 7.11. The second-order valence-electron chi connectivity index (χ2n) is 4.44. The van der Waals surface area contributed by atoms with Crippen LogP contribution in [0.5, 0.6) is 0 Å². The van der Waals surface area contributed by atoms with Gasteiger partial charge in [-0.15, -0.1) is 0 Å². The molecule has 0 radical (unpaired) electrons. The van der Waals surface area contributed by atoms with Crippen molar-refractivity contribution in [1.82, 2.24) is 0 Å². The zero-order valence-electron chi connectivity index (χ0n) is 11.0. The fraction of sp³-hybridized carbons (Fsp3) is 0.385. The van der Waals surface area contributed by atoms with Crippen molar-refractivity contribution in [2.75, 3.05) is 10.6 Å². The van der Waals surface area contributed by atoms with E-state index in [0.29, 0.717) is 29.2 Å². The predicted molar refractivity (Wildman–Crippen MR) is 77.3 cm³/mol. The van der Waals surface area contributed by atoms with Gasteiger partial charge in [0, 0.05) is 25.1 Å². The van der Waals surface area contributed by atoms with Gasteiger partial charge in [0.05, 0.1) is 10.7 Å². The summed E-state index contributed by atoms with van der Waals surface area (Å²) in [4.78, 5) is 22.7. The van der Waals surface area contributed by atoms with Crippen LogP contribution in [0, 0.1) is 0 Å². The van der Waals surface area contributed by atoms with Crippen LogP contribution in [0.1, 0.15) is 26.7 Å². The van der Waals surface area contributed by atoms with E-state index < -0.39 is 0 Å². The first-order valence-corrected chi connectivity index (χ1v) is 6.39. The molecule has 0 fully saturated rings. The zero-order chi connectivity index (χ0) is 14.4. The van der Waals surface area contributed by atoms with Crippen LogP contribution < -0.4 is 16.4 Å². The molecule has 1 aromatic rings. The molecule has 5 nitrogen and oxygen atoms in total. The average Bonchev–Trinajstić information content (AvgIpc) is 2.30. The summed E-state index contributed by atoms with van der Waals surface area (Å²) in [5.41, 5.74) is 6.65. The Labute approximate surface area is 117 Å². The number of anilines is 2. The van der Waals surface area contributed by atoms with Crippen LogP contribution in [0.25, 0.3) is 0 Å². The molecule has 0 aliphatic carbocycles. The third kappa shape index (κ3) is 5.72. The van der Waals surface area contributed by atoms with E-state index in [-0.39, 0.29) is 17.9 Å². The minimum absolute atomic E-state index is 0.0214. The Morgan fingerprint density at radius 1 is 1.37 bits per heavy atom. The minimum Gasteiger partial charge on any atom is -0.328 e. The molecule has 0 saturated carbocycles. The van der Waals surface area contributed by atoms with E-state index in [1.165, 1.54) is 6.92 Å². The van der Waals surface area contributed by atoms with Crippen LogP contribution in [-0.4, -0.2) is 17.9 Å². The lowest BCUT2D eigenvalue weighted by atomic mass is 10.2. The number of rotatable bonds is 5. The molecule has 19 heavy (non-hydrogen) atoms. The highest BCUT2D eigenvalue weighted by Crippen LogP contribution is 2.25. The average molecular weight is 284 g/mol. The minimum atomic E-state index is -0.184. The topological polar surface area (TPSA) is 84.2 Å². The van der Waals surface area contributed by atoms with Crippen LogP contribution >= 0.6 is 11.6 Å². The van der Waals surface area contributed by atoms with Gasteiger partial charge in [0.2, 0.25) is 11.8 Å². The number of hydrogen-bond donors (Lipinski definition) is 3. The van der Waals surface area contributed by atoms with Gasteiger partial charge >= 0.3 is 0 Å². The fourth-order valence-electron chi connectivity index (χ4n) is 1.47. The molecule has 6 heteroatoms. The maximum atomic E-state index is 11.7. The number of nitrogens with two attached hydrogens (primary N) is 1. The van der Waals surface area contributed by atoms with Crippen LogP contribution in [0.2, 0.25) is 5.02 Å². The highest BCUT2D eigenvalue weighted by Gasteiger charge is 2.08. The zero-order valence-corrected chi connectivity index (χ0v) is 11.8. The summed E-state index contributed by atoms with van der Waals surface area (Å²) >= 11 is 5.99. The van der Waals surface area contributed by atoms with Gasteiger partial charge in [-0.1, -0.05) is 11.6 Å². The molecule has 0 aliphatic heterocycles. The van der Waals surface area contributed by atoms with E-state index in [4.69, 9.17) is 17.3 Å². The Kier molecular flexibility index (Phi) is 5.79. The van der Waals surface area contributed by atoms with Gasteiger partial charge in [-0.05, 0) is 31.5 Å². The highest BCUT2D eigenvalue weighted by molar-refractivity contribution is 6.33. The summed E-state index contributed by atoms with van der Waals surface area (Å²) in [6, 6.07) is 4.88. The Morgan fingerprint density at radius 3 is 2.63 bits per heavy atom. The molecular weight excluding hydrogens is 266 g/mol. The van der Waals surface area contributed by atoms with Gasteiger partial charge in [-0.3, -0.25) is 9.59 Å². The normalized spacial score (nSPS) is 11.8. The maximum Gasteiger partial charge on any atom is 0.224 e. The predicted octanol–water partition coefficient (Wildman–Crippen LogP) is 2.36. The first-order chi connectivity index (χ1) is 8.88. The molecular formula is C13H18ClN3O2. The number of amides is 2. The van der Waals surface area contributed by atoms with Crippen LogP contribution in [0.4, 0.5) is 11.4 Å². The SMILES string of the molecule is CC(=O)Nc1ccc(Cl)c(NC(=O)CCC(C)N)c1. The van der Waals surface area contributed by atoms with Crippen molar-refractivity contribution in [2.45, 2.75) is 32.7 Å². The molecule has 1 aromatic carbocycles. The van der Waals surface area contributed by atoms with Gasteiger partial charge in [0.25, 0.3) is 0 Å². The lowest BCUT2D eigenvalue weighted by Crippen LogP contribution is -2.19. The van der Waals surface area contributed by atoms with Gasteiger partial charge in [0.15, 0.2) is 0 Å². The molecule has 0 aromatic heterocycles. The monoisotopic (exact) mass is 283 g/mol. The summed E-state index contributed by atoms with van der Waals surface area (Å²) in [7, 11) is 0. The summed E-state index contributed by atoms with van der Waals surface area (Å²) in [5, 5.41) is 5.75. The molecule has 1 rings (SSSR count). The summed E-state index contributed by atoms with van der Waals surface area (Å²) < 4.78 is 0. The van der Waals surface area contributed by atoms with Crippen molar-refractivity contribution in [3.05, 3.63) is 23.2 Å². The molecule has 1 unspecified atom stereocenters. The van der Waals surface area contributed by atoms with Crippen molar-refractivity contribution in [2.24, 2.45) is 5.73 Å². The van der Waals surface area contributed by atoms with Gasteiger partial charge in [-0.2, -0.15) is 0 Å². The quantitative estimate of drug-likeness (QED) is 0.775. The van der Waals surface area contributed by atoms with Crippen molar-refractivity contribution < 1.29 is 9.59 Å². The van der Waals surface area contributed by atoms with E-state index in [1.807, 2.05) is 6.92 Å². The fourth-order valence-corrected chi connectivity index (χ4v) is 1.64. The molecule has 2 amide bonds. The van der Waals surface area contributed by atoms with E-state index >= 15 is 0 Å². The van der Waals surface area contributed by atoms with E-state index in [2.05, 4.69) is 10.6 Å². The summed E-state index contributed by atoms with van der Waals surface area (Å²) in [5.74, 6) is -0.337. The van der Waals surface area contributed by atoms with Crippen molar-refractivity contribution in [1.29, 1.82) is 0 Å². The third-order valence-electron chi connectivity index (χ3n) is 2.39. The smallest absolute Gasteiger partial charge is 0.224 e. The maximum absolute atomic E-state index is 11.7. The Hall–Kier alpha value is -1.59. The number of carbonyl (C=O) groups excluding carboxylic acids is 2. The highest BCUT2D eigenvalue weighted by atomic mass is 35.5. The standard InChI is InChI=1S/C13H18ClN3O2/c1-8(15)3-6-13(19)17-12-7-10(16-9(2)18)4-5-11(12)14/h4-5,7-8H,3,6,15H2,1-2H3,(H,16,18)(H,17,19). The lowest BCUT2D eigenvalue weighted by molar-refractivity contribution is -0.116. The number of hydrogen-bond acceptors (Lipinski definition) is 3. The van der Waals surface area contributed by atoms with Gasteiger partial charge < -0.3 is 16.4 Å². The van der Waals surface area contributed by atoms with Gasteiger partial charge in [0.1, 0.15) is 0 Å². The number of benzene rings is 1. The number of nitrogens with one attached hydrogen (secondary N) is 2. The second-order valence-corrected chi connectivity index (χ2v) is 4.85. The van der Waals surface area contributed by atoms with Crippen molar-refractivity contribution in [3.63, 3.8) is 0 Å². The first kappa shape index (κ1) is 15.5. The van der Waals surface area contributed by atoms with Crippen molar-refractivity contribution >= 4 is 34.8 Å². The summed E-state index contributed by atoms with van der Waals surface area (Å²) in [6.07, 6.45) is 0.938. The first-order valence-electron chi connectivity index (χ1n) is 6.01. The molecule has 1 atom stereocenters. The molecule has 0 aliphatic rings. The molecule has 0 bridgehead atoms. The Bertz CT molecular complexity index is 475.